The van der Waals surface area contributed by atoms with Crippen molar-refractivity contribution in [2.45, 2.75) is 18.9 Å². The summed E-state index contributed by atoms with van der Waals surface area (Å²) in [6.07, 6.45) is 7.60. The van der Waals surface area contributed by atoms with E-state index >= 15 is 0 Å². The fraction of sp³-hybridized carbons (Fsp3) is 0.333. The maximum Gasteiger partial charge on any atom is 0.154 e. The third kappa shape index (κ3) is 8.12. The second-order valence-corrected chi connectivity index (χ2v) is 8.58. The van der Waals surface area contributed by atoms with Crippen LogP contribution in [0, 0.1) is 11.6 Å². The Bertz CT molecular complexity index is 1180. The number of rotatable bonds is 7. The molecule has 0 radical (unpaired) electrons. The number of ether oxygens (including phenoxy) is 1. The maximum absolute atomic E-state index is 13.6. The molecule has 1 aromatic heterocycles. The van der Waals surface area contributed by atoms with Gasteiger partial charge in [0.2, 0.25) is 0 Å². The second kappa shape index (κ2) is 14.1. The first-order valence-electron chi connectivity index (χ1n) is 12.0. The van der Waals surface area contributed by atoms with Crippen molar-refractivity contribution < 1.29 is 18.3 Å². The van der Waals surface area contributed by atoms with Gasteiger partial charge in [0.25, 0.3) is 0 Å². The average molecular weight is 511 g/mol. The van der Waals surface area contributed by atoms with Crippen LogP contribution in [0.15, 0.2) is 64.2 Å². The molecule has 3 heterocycles. The zero-order valence-electron chi connectivity index (χ0n) is 20.8. The summed E-state index contributed by atoms with van der Waals surface area (Å²) in [5.41, 5.74) is 13.7. The molecule has 0 saturated carbocycles. The summed E-state index contributed by atoms with van der Waals surface area (Å²) >= 11 is 0. The van der Waals surface area contributed by atoms with Gasteiger partial charge in [-0.15, -0.1) is 0 Å². The Balaban J connectivity index is 0.000000206. The minimum atomic E-state index is -0.466. The number of allylic oxidation sites excluding steroid dienone is 1. The third-order valence-corrected chi connectivity index (χ3v) is 6.03. The van der Waals surface area contributed by atoms with Crippen molar-refractivity contribution in [2.24, 2.45) is 21.5 Å². The van der Waals surface area contributed by atoms with E-state index in [2.05, 4.69) is 26.9 Å². The SMILES string of the molecule is CN1CCC[C@H]1CN=C/C=C(\N)c1ccc(F)cn1.N/C(=C(/C=O)C1=NCCOC1)c1ccccc1F. The van der Waals surface area contributed by atoms with Crippen LogP contribution in [0.5, 0.6) is 0 Å². The van der Waals surface area contributed by atoms with Crippen molar-refractivity contribution in [3.63, 3.8) is 0 Å². The highest BCUT2D eigenvalue weighted by Crippen LogP contribution is 2.18. The molecule has 4 rings (SSSR count). The number of benzene rings is 1. The first kappa shape index (κ1) is 27.8. The van der Waals surface area contributed by atoms with Crippen molar-refractivity contribution in [1.29, 1.82) is 0 Å². The number of carbonyl (C=O) groups excluding carboxylic acids is 1. The fourth-order valence-electron chi connectivity index (χ4n) is 3.89. The summed E-state index contributed by atoms with van der Waals surface area (Å²) < 4.78 is 31.5. The molecule has 196 valence electrons. The van der Waals surface area contributed by atoms with E-state index in [9.17, 15) is 13.6 Å². The molecule has 1 saturated heterocycles. The maximum atomic E-state index is 13.6. The number of aliphatic imine (C=N–C) groups is 2. The summed E-state index contributed by atoms with van der Waals surface area (Å²) in [7, 11) is 2.12. The van der Waals surface area contributed by atoms with Crippen LogP contribution in [0.2, 0.25) is 0 Å². The van der Waals surface area contributed by atoms with Gasteiger partial charge in [-0.3, -0.25) is 19.8 Å². The van der Waals surface area contributed by atoms with Crippen LogP contribution in [-0.4, -0.2) is 74.0 Å². The van der Waals surface area contributed by atoms with E-state index in [0.29, 0.717) is 42.6 Å². The molecule has 0 amide bonds. The lowest BCUT2D eigenvalue weighted by molar-refractivity contribution is -0.104. The van der Waals surface area contributed by atoms with E-state index in [-0.39, 0.29) is 29.3 Å². The van der Waals surface area contributed by atoms with Gasteiger partial charge in [-0.25, -0.2) is 8.78 Å². The monoisotopic (exact) mass is 510 g/mol. The Labute approximate surface area is 215 Å². The number of likely N-dealkylation sites (tertiary alicyclic amines) is 1. The van der Waals surface area contributed by atoms with Gasteiger partial charge in [0.05, 0.1) is 60.9 Å². The van der Waals surface area contributed by atoms with Crippen LogP contribution >= 0.6 is 0 Å². The lowest BCUT2D eigenvalue weighted by Crippen LogP contribution is -2.27. The quantitative estimate of drug-likeness (QED) is 0.336. The summed E-state index contributed by atoms with van der Waals surface area (Å²) in [5.74, 6) is -0.832. The Morgan fingerprint density at radius 3 is 2.68 bits per heavy atom. The van der Waals surface area contributed by atoms with Crippen molar-refractivity contribution >= 4 is 29.6 Å². The van der Waals surface area contributed by atoms with E-state index in [1.807, 2.05) is 0 Å². The minimum absolute atomic E-state index is 0.0901. The highest BCUT2D eigenvalue weighted by atomic mass is 19.1. The first-order chi connectivity index (χ1) is 17.9. The van der Waals surface area contributed by atoms with Gasteiger partial charge in [-0.1, -0.05) is 12.1 Å². The number of aldehydes is 1. The summed E-state index contributed by atoms with van der Waals surface area (Å²) in [6, 6.07) is 9.48. The van der Waals surface area contributed by atoms with Crippen molar-refractivity contribution in [1.82, 2.24) is 9.88 Å². The van der Waals surface area contributed by atoms with Gasteiger partial charge in [-0.2, -0.15) is 0 Å². The van der Waals surface area contributed by atoms with Crippen LogP contribution < -0.4 is 11.5 Å². The predicted octanol–water partition coefficient (Wildman–Crippen LogP) is 2.85. The van der Waals surface area contributed by atoms with Gasteiger partial charge in [0.15, 0.2) is 6.29 Å². The zero-order chi connectivity index (χ0) is 26.6. The molecule has 2 aromatic rings. The number of likely N-dealkylation sites (N-methyl/N-ethyl adjacent to an activating group) is 1. The number of carbonyl (C=O) groups is 1. The highest BCUT2D eigenvalue weighted by molar-refractivity contribution is 6.20. The molecule has 8 nitrogen and oxygen atoms in total. The van der Waals surface area contributed by atoms with Crippen LogP contribution in [-0.2, 0) is 9.53 Å². The lowest BCUT2D eigenvalue weighted by atomic mass is 10.0. The Hall–Kier alpha value is -3.76. The predicted molar refractivity (Wildman–Crippen MR) is 142 cm³/mol. The van der Waals surface area contributed by atoms with Crippen LogP contribution in [0.4, 0.5) is 8.78 Å². The molecule has 0 aliphatic carbocycles. The Kier molecular flexibility index (Phi) is 10.6. The molecule has 10 heteroatoms. The van der Waals surface area contributed by atoms with Gasteiger partial charge >= 0.3 is 0 Å². The normalized spacial score (nSPS) is 19.2. The van der Waals surface area contributed by atoms with Crippen molar-refractivity contribution in [3.8, 4) is 0 Å². The number of hydrogen-bond acceptors (Lipinski definition) is 8. The number of nitrogens with two attached hydrogens (primary N) is 2. The number of aromatic nitrogens is 1. The molecular weight excluding hydrogens is 478 g/mol. The average Bonchev–Trinajstić information content (AvgIpc) is 3.33. The number of halogens is 2. The van der Waals surface area contributed by atoms with E-state index in [0.717, 1.165) is 19.3 Å². The second-order valence-electron chi connectivity index (χ2n) is 8.58. The molecule has 0 unspecified atom stereocenters. The summed E-state index contributed by atoms with van der Waals surface area (Å²) in [6.45, 7) is 3.17. The number of nitrogens with zero attached hydrogens (tertiary/aromatic N) is 4. The third-order valence-electron chi connectivity index (χ3n) is 6.03. The Morgan fingerprint density at radius 1 is 1.24 bits per heavy atom. The Morgan fingerprint density at radius 2 is 2.05 bits per heavy atom. The van der Waals surface area contributed by atoms with Gasteiger partial charge in [-0.05, 0) is 56.8 Å². The molecule has 2 aliphatic rings. The summed E-state index contributed by atoms with van der Waals surface area (Å²) in [4.78, 5) is 25.9. The van der Waals surface area contributed by atoms with Gasteiger partial charge in [0, 0.05) is 17.8 Å². The molecule has 2 aliphatic heterocycles. The molecule has 4 N–H and O–H groups in total. The molecule has 1 aromatic carbocycles. The first-order valence-corrected chi connectivity index (χ1v) is 12.0. The number of pyridine rings is 1. The smallest absolute Gasteiger partial charge is 0.154 e. The topological polar surface area (TPSA) is 119 Å². The van der Waals surface area contributed by atoms with Crippen LogP contribution in [0.1, 0.15) is 24.1 Å². The molecule has 1 fully saturated rings. The van der Waals surface area contributed by atoms with Crippen molar-refractivity contribution in [3.05, 3.63) is 77.1 Å². The van der Waals surface area contributed by atoms with E-state index in [1.165, 1.54) is 31.0 Å². The molecular formula is C27H32F2N6O2. The zero-order valence-corrected chi connectivity index (χ0v) is 20.8. The van der Waals surface area contributed by atoms with Gasteiger partial charge < -0.3 is 21.1 Å². The van der Waals surface area contributed by atoms with Gasteiger partial charge in [0.1, 0.15) is 11.6 Å². The lowest BCUT2D eigenvalue weighted by Gasteiger charge is -2.16. The van der Waals surface area contributed by atoms with E-state index < -0.39 is 5.82 Å². The molecule has 0 spiro atoms. The fourth-order valence-corrected chi connectivity index (χ4v) is 3.89. The molecule has 1 atom stereocenters. The van der Waals surface area contributed by atoms with E-state index in [4.69, 9.17) is 16.2 Å². The van der Waals surface area contributed by atoms with Crippen molar-refractivity contribution in [2.75, 3.05) is 39.9 Å². The number of hydrogen-bond donors (Lipinski definition) is 2. The van der Waals surface area contributed by atoms with E-state index in [1.54, 1.807) is 30.5 Å². The standard InChI is InChI=1S/C14H19FN4.C13H13FN2O2/c1-19-8-2-3-12(19)10-17-7-6-13(16)14-5-4-11(15)9-18-14;14-11-4-2-1-3-9(11)13(15)10(7-17)12-8-18-6-5-16-12/h4-7,9,12H,2-3,8,10,16H2,1H3;1-4,7H,5-6,8,15H2/b13-6-,17-7?;13-10-/t12-;/m0./s1. The van der Waals surface area contributed by atoms with Crippen LogP contribution in [0.3, 0.4) is 0 Å². The highest BCUT2D eigenvalue weighted by Gasteiger charge is 2.19. The largest absolute Gasteiger partial charge is 0.398 e. The molecule has 37 heavy (non-hydrogen) atoms. The summed E-state index contributed by atoms with van der Waals surface area (Å²) in [5, 5.41) is 0. The minimum Gasteiger partial charge on any atom is -0.398 e. The molecule has 0 bridgehead atoms. The van der Waals surface area contributed by atoms with Crippen LogP contribution in [0.25, 0.3) is 11.4 Å².